The number of nitrogens with zero attached hydrogens (tertiary/aromatic N) is 2. The highest BCUT2D eigenvalue weighted by Gasteiger charge is 2.44. The van der Waals surface area contributed by atoms with E-state index in [9.17, 15) is 0 Å². The van der Waals surface area contributed by atoms with Crippen molar-refractivity contribution in [2.45, 2.75) is 77.3 Å². The van der Waals surface area contributed by atoms with Crippen molar-refractivity contribution in [1.82, 2.24) is 9.88 Å². The summed E-state index contributed by atoms with van der Waals surface area (Å²) >= 11 is 0. The number of pyridine rings is 1. The molecule has 3 aliphatic rings. The van der Waals surface area contributed by atoms with Crippen molar-refractivity contribution in [3.05, 3.63) is 102 Å². The smallest absolute Gasteiger partial charge is 0.122 e. The summed E-state index contributed by atoms with van der Waals surface area (Å²) in [5, 5.41) is 0. The molecule has 200 valence electrons. The molecule has 1 fully saturated rings. The zero-order valence-electron chi connectivity index (χ0n) is 23.0. The van der Waals surface area contributed by atoms with Crippen LogP contribution < -0.4 is 4.74 Å². The van der Waals surface area contributed by atoms with E-state index in [0.717, 1.165) is 68.0 Å². The van der Waals surface area contributed by atoms with Gasteiger partial charge in [0.15, 0.2) is 0 Å². The lowest BCUT2D eigenvalue weighted by atomic mass is 9.81. The van der Waals surface area contributed by atoms with Crippen LogP contribution in [0.1, 0.15) is 63.1 Å². The third-order valence-electron chi connectivity index (χ3n) is 7.76. The first-order valence-corrected chi connectivity index (χ1v) is 14.0. The lowest BCUT2D eigenvalue weighted by Crippen LogP contribution is -2.49. The van der Waals surface area contributed by atoms with Crippen LogP contribution in [-0.2, 0) is 22.5 Å². The van der Waals surface area contributed by atoms with E-state index in [1.807, 2.05) is 12.3 Å². The number of benzene rings is 1. The molecule has 1 spiro atoms. The van der Waals surface area contributed by atoms with Crippen LogP contribution in [0, 0.1) is 0 Å². The molecule has 5 heteroatoms. The van der Waals surface area contributed by atoms with E-state index >= 15 is 0 Å². The maximum Gasteiger partial charge on any atom is 0.122 e. The zero-order valence-corrected chi connectivity index (χ0v) is 23.0. The predicted molar refractivity (Wildman–Crippen MR) is 153 cm³/mol. The molecular weight excluding hydrogens is 472 g/mol. The topological polar surface area (TPSA) is 43.8 Å². The molecule has 1 aromatic heterocycles. The summed E-state index contributed by atoms with van der Waals surface area (Å²) < 4.78 is 19.4. The Balaban J connectivity index is 1.28. The lowest BCUT2D eigenvalue weighted by Gasteiger charge is -2.48. The van der Waals surface area contributed by atoms with Gasteiger partial charge in [-0.2, -0.15) is 0 Å². The van der Waals surface area contributed by atoms with E-state index in [2.05, 4.69) is 85.8 Å². The summed E-state index contributed by atoms with van der Waals surface area (Å²) in [7, 11) is 0. The van der Waals surface area contributed by atoms with Crippen LogP contribution >= 0.6 is 0 Å². The number of allylic oxidation sites excluding steroid dienone is 3. The molecule has 1 saturated heterocycles. The van der Waals surface area contributed by atoms with Gasteiger partial charge in [-0.15, -0.1) is 0 Å². The maximum atomic E-state index is 6.82. The van der Waals surface area contributed by atoms with Crippen LogP contribution in [0.5, 0.6) is 5.75 Å². The van der Waals surface area contributed by atoms with Crippen LogP contribution in [0.3, 0.4) is 0 Å². The van der Waals surface area contributed by atoms with Gasteiger partial charge in [-0.05, 0) is 61.2 Å². The number of rotatable bonds is 8. The molecule has 0 N–H and O–H groups in total. The molecule has 2 aromatic rings. The molecule has 5 nitrogen and oxygen atoms in total. The molecule has 2 aliphatic heterocycles. The molecule has 0 saturated carbocycles. The normalized spacial score (nSPS) is 20.3. The molecule has 0 radical (unpaired) electrons. The Morgan fingerprint density at radius 1 is 1.21 bits per heavy atom. The Morgan fingerprint density at radius 2 is 2.05 bits per heavy atom. The highest BCUT2D eigenvalue weighted by Crippen LogP contribution is 2.43. The second kappa shape index (κ2) is 11.6. The Kier molecular flexibility index (Phi) is 8.04. The highest BCUT2D eigenvalue weighted by molar-refractivity contribution is 5.64. The minimum atomic E-state index is -0.217. The molecule has 5 rings (SSSR count). The van der Waals surface area contributed by atoms with Gasteiger partial charge in [0.25, 0.3) is 0 Å². The summed E-state index contributed by atoms with van der Waals surface area (Å²) in [4.78, 5) is 6.66. The number of hydrogen-bond acceptors (Lipinski definition) is 5. The Morgan fingerprint density at radius 3 is 2.79 bits per heavy atom. The minimum Gasteiger partial charge on any atom is -0.491 e. The summed E-state index contributed by atoms with van der Waals surface area (Å²) in [6, 6.07) is 10.5. The summed E-state index contributed by atoms with van der Waals surface area (Å²) in [6.45, 7) is 13.2. The second-order valence-corrected chi connectivity index (χ2v) is 10.8. The van der Waals surface area contributed by atoms with Gasteiger partial charge < -0.3 is 19.1 Å². The zero-order chi connectivity index (χ0) is 26.5. The SMILES string of the molecule is C=C(c1ccc(OC(C)C)c(CC)c1)N1CCC2(CC1)CC(OCc1cccnc1)C1=C(CC=CC=C1)O2. The fourth-order valence-electron chi connectivity index (χ4n) is 5.67. The van der Waals surface area contributed by atoms with Crippen LogP contribution in [0.25, 0.3) is 5.70 Å². The van der Waals surface area contributed by atoms with Crippen LogP contribution in [-0.4, -0.2) is 40.8 Å². The second-order valence-electron chi connectivity index (χ2n) is 10.8. The van der Waals surface area contributed by atoms with Crippen LogP contribution in [0.4, 0.5) is 0 Å². The third kappa shape index (κ3) is 5.88. The van der Waals surface area contributed by atoms with Gasteiger partial charge in [0.1, 0.15) is 17.1 Å². The highest BCUT2D eigenvalue weighted by atomic mass is 16.5. The van der Waals surface area contributed by atoms with Crippen LogP contribution in [0.2, 0.25) is 0 Å². The van der Waals surface area contributed by atoms with E-state index in [1.54, 1.807) is 6.20 Å². The first-order valence-electron chi connectivity index (χ1n) is 14.0. The maximum absolute atomic E-state index is 6.82. The van der Waals surface area contributed by atoms with E-state index in [-0.39, 0.29) is 17.8 Å². The monoisotopic (exact) mass is 512 g/mol. The predicted octanol–water partition coefficient (Wildman–Crippen LogP) is 7.01. The molecule has 1 atom stereocenters. The number of piperidine rings is 1. The van der Waals surface area contributed by atoms with E-state index in [0.29, 0.717) is 6.61 Å². The third-order valence-corrected chi connectivity index (χ3v) is 7.76. The molecule has 38 heavy (non-hydrogen) atoms. The summed E-state index contributed by atoms with van der Waals surface area (Å²) in [5.74, 6) is 2.03. The van der Waals surface area contributed by atoms with E-state index < -0.39 is 0 Å². The number of aryl methyl sites for hydroxylation is 1. The first-order chi connectivity index (χ1) is 18.5. The molecular formula is C33H40N2O3. The van der Waals surface area contributed by atoms with Gasteiger partial charge in [-0.3, -0.25) is 4.98 Å². The number of hydrogen-bond donors (Lipinski definition) is 0. The molecule has 3 heterocycles. The van der Waals surface area contributed by atoms with Gasteiger partial charge in [0, 0.05) is 62.4 Å². The minimum absolute atomic E-state index is 0.00507. The number of likely N-dealkylation sites (tertiary alicyclic amines) is 1. The van der Waals surface area contributed by atoms with Crippen molar-refractivity contribution >= 4 is 5.70 Å². The molecule has 1 aromatic carbocycles. The van der Waals surface area contributed by atoms with Gasteiger partial charge in [-0.25, -0.2) is 0 Å². The van der Waals surface area contributed by atoms with Gasteiger partial charge >= 0.3 is 0 Å². The van der Waals surface area contributed by atoms with Crippen molar-refractivity contribution in [3.63, 3.8) is 0 Å². The van der Waals surface area contributed by atoms with Crippen molar-refractivity contribution in [1.29, 1.82) is 0 Å². The fourth-order valence-corrected chi connectivity index (χ4v) is 5.67. The number of ether oxygens (including phenoxy) is 3. The Bertz CT molecular complexity index is 1220. The largest absolute Gasteiger partial charge is 0.491 e. The van der Waals surface area contributed by atoms with Crippen molar-refractivity contribution in [2.24, 2.45) is 0 Å². The van der Waals surface area contributed by atoms with Crippen molar-refractivity contribution in [3.8, 4) is 5.75 Å². The fraction of sp³-hybridized carbons (Fsp3) is 0.424. The summed E-state index contributed by atoms with van der Waals surface area (Å²) in [5.41, 5.74) is 5.51. The molecule has 0 bridgehead atoms. The lowest BCUT2D eigenvalue weighted by molar-refractivity contribution is -0.0982. The molecule has 0 amide bonds. The Hall–Kier alpha value is -3.31. The molecule has 1 unspecified atom stereocenters. The van der Waals surface area contributed by atoms with Gasteiger partial charge in [0.2, 0.25) is 0 Å². The standard InChI is InChI=1S/C33H40N2O3/c1-5-27-20-28(13-14-30(27)37-24(2)3)25(4)35-18-15-33(16-19-35)21-32(36-23-26-10-9-17-34-22-26)29-11-7-6-8-12-31(29)38-33/h6-11,13-14,17,20,22,24,32H,4-5,12,15-16,18-19,21,23H2,1-3H3. The Labute approximate surface area is 227 Å². The van der Waals surface area contributed by atoms with Crippen molar-refractivity contribution in [2.75, 3.05) is 13.1 Å². The quantitative estimate of drug-likeness (QED) is 0.381. The van der Waals surface area contributed by atoms with E-state index in [1.165, 1.54) is 16.7 Å². The van der Waals surface area contributed by atoms with Crippen molar-refractivity contribution < 1.29 is 14.2 Å². The van der Waals surface area contributed by atoms with Gasteiger partial charge in [0.05, 0.1) is 18.8 Å². The average Bonchev–Trinajstić information content (AvgIpc) is 3.18. The molecule has 1 aliphatic carbocycles. The first kappa shape index (κ1) is 26.3. The summed E-state index contributed by atoms with van der Waals surface area (Å²) in [6.07, 6.45) is 16.9. The number of aromatic nitrogens is 1. The van der Waals surface area contributed by atoms with E-state index in [4.69, 9.17) is 14.2 Å². The average molecular weight is 513 g/mol. The van der Waals surface area contributed by atoms with Gasteiger partial charge in [-0.1, -0.05) is 43.9 Å². The van der Waals surface area contributed by atoms with Crippen LogP contribution in [0.15, 0.2) is 84.9 Å².